The molecule has 0 aliphatic rings. The quantitative estimate of drug-likeness (QED) is 0.760. The fourth-order valence-corrected chi connectivity index (χ4v) is 3.34. The van der Waals surface area contributed by atoms with Gasteiger partial charge in [-0.05, 0) is 42.0 Å². The number of amides is 1. The minimum atomic E-state index is -0.0782. The molecular weight excluding hydrogens is 349 g/mol. The summed E-state index contributed by atoms with van der Waals surface area (Å²) >= 11 is 19.4. The standard InChI is InChI=1S/C15H12Cl3NOS/c16-10-4-6-11(7-5-10)19-15(20)9-21-8-12-13(17)2-1-3-14(12)18/h1-7H,8-9H2,(H,19,20). The molecule has 0 heterocycles. The van der Waals surface area contributed by atoms with E-state index in [0.717, 1.165) is 11.3 Å². The van der Waals surface area contributed by atoms with Gasteiger partial charge in [-0.1, -0.05) is 40.9 Å². The van der Waals surface area contributed by atoms with E-state index >= 15 is 0 Å². The van der Waals surface area contributed by atoms with E-state index in [1.807, 2.05) is 0 Å². The predicted molar refractivity (Wildman–Crippen MR) is 92.7 cm³/mol. The van der Waals surface area contributed by atoms with Crippen LogP contribution in [0.3, 0.4) is 0 Å². The molecule has 0 aliphatic heterocycles. The highest BCUT2D eigenvalue weighted by molar-refractivity contribution is 7.99. The van der Waals surface area contributed by atoms with Crippen molar-refractivity contribution < 1.29 is 4.79 Å². The Kier molecular flexibility index (Phi) is 6.24. The number of anilines is 1. The van der Waals surface area contributed by atoms with Gasteiger partial charge in [-0.3, -0.25) is 4.79 Å². The SMILES string of the molecule is O=C(CSCc1c(Cl)cccc1Cl)Nc1ccc(Cl)cc1. The average molecular weight is 361 g/mol. The molecule has 2 nitrogen and oxygen atoms in total. The van der Waals surface area contributed by atoms with Gasteiger partial charge in [0, 0.05) is 26.5 Å². The van der Waals surface area contributed by atoms with Crippen LogP contribution in [0.5, 0.6) is 0 Å². The van der Waals surface area contributed by atoms with Crippen molar-refractivity contribution >= 4 is 58.2 Å². The van der Waals surface area contributed by atoms with Gasteiger partial charge < -0.3 is 5.32 Å². The molecule has 1 amide bonds. The minimum Gasteiger partial charge on any atom is -0.325 e. The van der Waals surface area contributed by atoms with Crippen LogP contribution in [0.1, 0.15) is 5.56 Å². The molecular formula is C15H12Cl3NOS. The summed E-state index contributed by atoms with van der Waals surface area (Å²) in [5.41, 5.74) is 1.57. The number of hydrogen-bond acceptors (Lipinski definition) is 2. The molecule has 0 radical (unpaired) electrons. The zero-order valence-electron chi connectivity index (χ0n) is 10.9. The molecule has 1 N–H and O–H groups in total. The Morgan fingerprint density at radius 2 is 1.62 bits per heavy atom. The maximum atomic E-state index is 11.8. The number of nitrogens with one attached hydrogen (secondary N) is 1. The second kappa shape index (κ2) is 7.95. The molecule has 0 fully saturated rings. The molecule has 0 spiro atoms. The number of carbonyl (C=O) groups excluding carboxylic acids is 1. The van der Waals surface area contributed by atoms with E-state index in [2.05, 4.69) is 5.32 Å². The van der Waals surface area contributed by atoms with Crippen LogP contribution in [-0.4, -0.2) is 11.7 Å². The lowest BCUT2D eigenvalue weighted by Crippen LogP contribution is -2.14. The highest BCUT2D eigenvalue weighted by Crippen LogP contribution is 2.28. The largest absolute Gasteiger partial charge is 0.325 e. The summed E-state index contributed by atoms with van der Waals surface area (Å²) in [5, 5.41) is 4.67. The number of halogens is 3. The topological polar surface area (TPSA) is 29.1 Å². The van der Waals surface area contributed by atoms with Crippen molar-refractivity contribution in [2.24, 2.45) is 0 Å². The van der Waals surface area contributed by atoms with Crippen LogP contribution in [0.4, 0.5) is 5.69 Å². The summed E-state index contributed by atoms with van der Waals surface area (Å²) in [7, 11) is 0. The van der Waals surface area contributed by atoms with Crippen LogP contribution in [-0.2, 0) is 10.5 Å². The summed E-state index contributed by atoms with van der Waals surface area (Å²) in [6, 6.07) is 12.4. The van der Waals surface area contributed by atoms with Crippen molar-refractivity contribution in [3.63, 3.8) is 0 Å². The average Bonchev–Trinajstić information content (AvgIpc) is 2.45. The Bertz CT molecular complexity index is 611. The number of hydrogen-bond donors (Lipinski definition) is 1. The molecule has 0 unspecified atom stereocenters. The van der Waals surface area contributed by atoms with Crippen LogP contribution in [0.25, 0.3) is 0 Å². The summed E-state index contributed by atoms with van der Waals surface area (Å²) in [5.74, 6) is 0.835. The van der Waals surface area contributed by atoms with Crippen molar-refractivity contribution in [2.75, 3.05) is 11.1 Å². The fraction of sp³-hybridized carbons (Fsp3) is 0.133. The molecule has 2 aromatic carbocycles. The normalized spacial score (nSPS) is 10.4. The molecule has 110 valence electrons. The maximum Gasteiger partial charge on any atom is 0.234 e. The van der Waals surface area contributed by atoms with Crippen molar-refractivity contribution in [1.29, 1.82) is 0 Å². The van der Waals surface area contributed by atoms with Gasteiger partial charge in [-0.25, -0.2) is 0 Å². The van der Waals surface area contributed by atoms with Gasteiger partial charge in [-0.2, -0.15) is 0 Å². The molecule has 2 aromatic rings. The lowest BCUT2D eigenvalue weighted by atomic mass is 10.2. The number of thioether (sulfide) groups is 1. The molecule has 21 heavy (non-hydrogen) atoms. The van der Waals surface area contributed by atoms with Crippen molar-refractivity contribution in [1.82, 2.24) is 0 Å². The van der Waals surface area contributed by atoms with Crippen LogP contribution >= 0.6 is 46.6 Å². The third kappa shape index (κ3) is 5.11. The molecule has 2 rings (SSSR count). The lowest BCUT2D eigenvalue weighted by molar-refractivity contribution is -0.113. The highest BCUT2D eigenvalue weighted by atomic mass is 35.5. The zero-order valence-corrected chi connectivity index (χ0v) is 14.0. The second-order valence-electron chi connectivity index (χ2n) is 4.25. The Morgan fingerprint density at radius 3 is 2.24 bits per heavy atom. The van der Waals surface area contributed by atoms with Crippen molar-refractivity contribution in [2.45, 2.75) is 5.75 Å². The smallest absolute Gasteiger partial charge is 0.234 e. The van der Waals surface area contributed by atoms with Gasteiger partial charge >= 0.3 is 0 Å². The summed E-state index contributed by atoms with van der Waals surface area (Å²) in [6.07, 6.45) is 0. The van der Waals surface area contributed by atoms with Gasteiger partial charge in [0.05, 0.1) is 5.75 Å². The number of rotatable bonds is 5. The third-order valence-electron chi connectivity index (χ3n) is 2.67. The Morgan fingerprint density at radius 1 is 1.00 bits per heavy atom. The molecule has 0 bridgehead atoms. The highest BCUT2D eigenvalue weighted by Gasteiger charge is 2.08. The van der Waals surface area contributed by atoms with Gasteiger partial charge in [0.1, 0.15) is 0 Å². The molecule has 0 aromatic heterocycles. The Labute approximate surface area is 142 Å². The molecule has 6 heteroatoms. The maximum absolute atomic E-state index is 11.8. The second-order valence-corrected chi connectivity index (χ2v) is 6.48. The van der Waals surface area contributed by atoms with Crippen LogP contribution < -0.4 is 5.32 Å². The van der Waals surface area contributed by atoms with E-state index in [9.17, 15) is 4.79 Å². The van der Waals surface area contributed by atoms with Gasteiger partial charge in [0.25, 0.3) is 0 Å². The third-order valence-corrected chi connectivity index (χ3v) is 4.59. The van der Waals surface area contributed by atoms with Gasteiger partial charge in [-0.15, -0.1) is 11.8 Å². The fourth-order valence-electron chi connectivity index (χ4n) is 1.65. The first-order valence-electron chi connectivity index (χ1n) is 6.12. The first-order valence-corrected chi connectivity index (χ1v) is 8.41. The van der Waals surface area contributed by atoms with E-state index in [1.54, 1.807) is 42.5 Å². The zero-order chi connectivity index (χ0) is 15.2. The van der Waals surface area contributed by atoms with Crippen molar-refractivity contribution in [3.8, 4) is 0 Å². The molecule has 0 saturated heterocycles. The Balaban J connectivity index is 1.83. The van der Waals surface area contributed by atoms with E-state index in [4.69, 9.17) is 34.8 Å². The molecule has 0 aliphatic carbocycles. The molecule has 0 saturated carbocycles. The van der Waals surface area contributed by atoms with E-state index in [-0.39, 0.29) is 5.91 Å². The summed E-state index contributed by atoms with van der Waals surface area (Å²) < 4.78 is 0. The monoisotopic (exact) mass is 359 g/mol. The molecule has 0 atom stereocenters. The van der Waals surface area contributed by atoms with E-state index in [0.29, 0.717) is 26.6 Å². The predicted octanol–water partition coefficient (Wildman–Crippen LogP) is 5.52. The summed E-state index contributed by atoms with van der Waals surface area (Å²) in [6.45, 7) is 0. The first kappa shape index (κ1) is 16.5. The van der Waals surface area contributed by atoms with Crippen LogP contribution in [0.2, 0.25) is 15.1 Å². The minimum absolute atomic E-state index is 0.0782. The van der Waals surface area contributed by atoms with Gasteiger partial charge in [0.15, 0.2) is 0 Å². The van der Waals surface area contributed by atoms with Crippen LogP contribution in [0, 0.1) is 0 Å². The Hall–Kier alpha value is -0.870. The first-order chi connectivity index (χ1) is 10.1. The van der Waals surface area contributed by atoms with Crippen molar-refractivity contribution in [3.05, 3.63) is 63.1 Å². The van der Waals surface area contributed by atoms with Gasteiger partial charge in [0.2, 0.25) is 5.91 Å². The lowest BCUT2D eigenvalue weighted by Gasteiger charge is -2.07. The summed E-state index contributed by atoms with van der Waals surface area (Å²) in [4.78, 5) is 11.8. The van der Waals surface area contributed by atoms with Crippen LogP contribution in [0.15, 0.2) is 42.5 Å². The number of carbonyl (C=O) groups is 1. The van der Waals surface area contributed by atoms with E-state index in [1.165, 1.54) is 11.8 Å². The van der Waals surface area contributed by atoms with E-state index < -0.39 is 0 Å². The number of benzene rings is 2.